The van der Waals surface area contributed by atoms with Crippen molar-refractivity contribution in [1.82, 2.24) is 4.90 Å². The molecule has 1 aliphatic rings. The van der Waals surface area contributed by atoms with E-state index in [1.165, 1.54) is 16.8 Å². The van der Waals surface area contributed by atoms with Gasteiger partial charge in [-0.3, -0.25) is 4.90 Å². The summed E-state index contributed by atoms with van der Waals surface area (Å²) in [7, 11) is 0. The normalized spacial score (nSPS) is 16.0. The van der Waals surface area contributed by atoms with E-state index >= 15 is 0 Å². The van der Waals surface area contributed by atoms with Crippen LogP contribution in [-0.4, -0.2) is 36.2 Å². The lowest BCUT2D eigenvalue weighted by Crippen LogP contribution is -2.46. The number of hydrogen-bond acceptors (Lipinski definition) is 4. The van der Waals surface area contributed by atoms with Gasteiger partial charge in [-0.2, -0.15) is 0 Å². The Kier molecular flexibility index (Phi) is 3.90. The molecule has 0 spiro atoms. The van der Waals surface area contributed by atoms with Crippen LogP contribution < -0.4 is 4.90 Å². The van der Waals surface area contributed by atoms with Gasteiger partial charge in [0.15, 0.2) is 11.3 Å². The smallest absolute Gasteiger partial charge is 0.175 e. The number of phenolic OH excluding ortho intramolecular Hbond substituents is 1. The van der Waals surface area contributed by atoms with E-state index in [2.05, 4.69) is 41.0 Å². The molecule has 2 aromatic carbocycles. The van der Waals surface area contributed by atoms with Gasteiger partial charge in [0.1, 0.15) is 0 Å². The summed E-state index contributed by atoms with van der Waals surface area (Å²) in [5.74, 6) is 0.211. The van der Waals surface area contributed by atoms with Crippen molar-refractivity contribution in [2.24, 2.45) is 0 Å². The zero-order valence-electron chi connectivity index (χ0n) is 13.9. The molecule has 1 aromatic heterocycles. The predicted octanol–water partition coefficient (Wildman–Crippen LogP) is 3.77. The summed E-state index contributed by atoms with van der Waals surface area (Å²) in [5.41, 5.74) is 4.48. The maximum Gasteiger partial charge on any atom is 0.175 e. The van der Waals surface area contributed by atoms with Crippen molar-refractivity contribution >= 4 is 16.7 Å². The molecule has 0 radical (unpaired) electrons. The molecule has 124 valence electrons. The second kappa shape index (κ2) is 6.21. The lowest BCUT2D eigenvalue weighted by atomic mass is 10.1. The van der Waals surface area contributed by atoms with Gasteiger partial charge in [0.05, 0.1) is 6.26 Å². The summed E-state index contributed by atoms with van der Waals surface area (Å²) in [6.45, 7) is 7.21. The first-order valence-corrected chi connectivity index (χ1v) is 8.43. The van der Waals surface area contributed by atoms with Crippen molar-refractivity contribution < 1.29 is 9.52 Å². The number of anilines is 1. The van der Waals surface area contributed by atoms with Gasteiger partial charge >= 0.3 is 0 Å². The van der Waals surface area contributed by atoms with Crippen LogP contribution >= 0.6 is 0 Å². The van der Waals surface area contributed by atoms with E-state index in [1.807, 2.05) is 12.1 Å². The molecule has 4 heteroatoms. The topological polar surface area (TPSA) is 39.9 Å². The number of phenols is 1. The van der Waals surface area contributed by atoms with Crippen molar-refractivity contribution in [3.8, 4) is 5.75 Å². The quantitative estimate of drug-likeness (QED) is 0.797. The second-order valence-corrected chi connectivity index (χ2v) is 6.46. The first-order valence-electron chi connectivity index (χ1n) is 8.43. The molecule has 2 heterocycles. The molecule has 1 fully saturated rings. The molecule has 4 nitrogen and oxygen atoms in total. The lowest BCUT2D eigenvalue weighted by Gasteiger charge is -2.36. The van der Waals surface area contributed by atoms with E-state index in [0.29, 0.717) is 5.58 Å². The Balaban J connectivity index is 1.46. The van der Waals surface area contributed by atoms with E-state index in [9.17, 15) is 5.11 Å². The minimum atomic E-state index is 0.211. The molecule has 4 rings (SSSR count). The summed E-state index contributed by atoms with van der Waals surface area (Å²) in [6, 6.07) is 14.3. The molecule has 0 aliphatic carbocycles. The third kappa shape index (κ3) is 2.74. The Labute approximate surface area is 141 Å². The molecule has 0 unspecified atom stereocenters. The van der Waals surface area contributed by atoms with Crippen molar-refractivity contribution in [2.45, 2.75) is 13.5 Å². The van der Waals surface area contributed by atoms with Crippen LogP contribution in [0, 0.1) is 6.92 Å². The Morgan fingerprint density at radius 2 is 1.79 bits per heavy atom. The first-order chi connectivity index (χ1) is 11.7. The van der Waals surface area contributed by atoms with Gasteiger partial charge < -0.3 is 14.4 Å². The highest BCUT2D eigenvalue weighted by atomic mass is 16.3. The van der Waals surface area contributed by atoms with Crippen molar-refractivity contribution in [3.05, 3.63) is 59.9 Å². The van der Waals surface area contributed by atoms with E-state index in [4.69, 9.17) is 4.42 Å². The highest BCUT2D eigenvalue weighted by Crippen LogP contribution is 2.29. The largest absolute Gasteiger partial charge is 0.504 e. The van der Waals surface area contributed by atoms with Gasteiger partial charge in [-0.05, 0) is 36.2 Å². The number of nitrogens with zero attached hydrogens (tertiary/aromatic N) is 2. The van der Waals surface area contributed by atoms with E-state index in [-0.39, 0.29) is 5.75 Å². The second-order valence-electron chi connectivity index (χ2n) is 6.46. The van der Waals surface area contributed by atoms with Gasteiger partial charge in [-0.25, -0.2) is 0 Å². The monoisotopic (exact) mass is 322 g/mol. The van der Waals surface area contributed by atoms with Gasteiger partial charge in [0.25, 0.3) is 0 Å². The van der Waals surface area contributed by atoms with Crippen LogP contribution in [0.1, 0.15) is 11.1 Å². The lowest BCUT2D eigenvalue weighted by molar-refractivity contribution is 0.250. The first kappa shape index (κ1) is 15.1. The van der Waals surface area contributed by atoms with Gasteiger partial charge in [0.2, 0.25) is 0 Å². The number of furan rings is 1. The highest BCUT2D eigenvalue weighted by molar-refractivity contribution is 5.85. The van der Waals surface area contributed by atoms with Crippen LogP contribution in [-0.2, 0) is 6.54 Å². The number of para-hydroxylation sites is 1. The maximum absolute atomic E-state index is 9.86. The molecule has 1 aliphatic heterocycles. The zero-order valence-corrected chi connectivity index (χ0v) is 13.9. The van der Waals surface area contributed by atoms with Gasteiger partial charge in [-0.15, -0.1) is 0 Å². The van der Waals surface area contributed by atoms with Crippen molar-refractivity contribution in [3.63, 3.8) is 0 Å². The highest BCUT2D eigenvalue weighted by Gasteiger charge is 2.19. The summed E-state index contributed by atoms with van der Waals surface area (Å²) in [6.07, 6.45) is 1.64. The predicted molar refractivity (Wildman–Crippen MR) is 96.5 cm³/mol. The van der Waals surface area contributed by atoms with Crippen LogP contribution in [0.2, 0.25) is 0 Å². The third-order valence-electron chi connectivity index (χ3n) is 4.91. The minimum absolute atomic E-state index is 0.211. The molecule has 24 heavy (non-hydrogen) atoms. The zero-order chi connectivity index (χ0) is 16.5. The number of aryl methyl sites for hydroxylation is 1. The van der Waals surface area contributed by atoms with E-state index < -0.39 is 0 Å². The molecule has 0 saturated carbocycles. The fourth-order valence-electron chi connectivity index (χ4n) is 3.55. The molecule has 1 saturated heterocycles. The van der Waals surface area contributed by atoms with Crippen LogP contribution in [0.15, 0.2) is 53.1 Å². The molecule has 1 N–H and O–H groups in total. The Bertz CT molecular complexity index is 848. The molecule has 0 amide bonds. The summed E-state index contributed by atoms with van der Waals surface area (Å²) in [4.78, 5) is 4.93. The summed E-state index contributed by atoms with van der Waals surface area (Å²) < 4.78 is 5.39. The number of benzene rings is 2. The molecule has 0 atom stereocenters. The molecule has 3 aromatic rings. The van der Waals surface area contributed by atoms with Gasteiger partial charge in [-0.1, -0.05) is 24.3 Å². The number of hydrogen-bond donors (Lipinski definition) is 1. The SMILES string of the molecule is Cc1ccccc1N1CCN(Cc2ccc(O)c3occc23)CC1. The Morgan fingerprint density at radius 3 is 2.58 bits per heavy atom. The number of fused-ring (bicyclic) bond motifs is 1. The summed E-state index contributed by atoms with van der Waals surface area (Å²) >= 11 is 0. The van der Waals surface area contributed by atoms with Crippen molar-refractivity contribution in [2.75, 3.05) is 31.1 Å². The van der Waals surface area contributed by atoms with Crippen LogP contribution in [0.5, 0.6) is 5.75 Å². The average Bonchev–Trinajstić information content (AvgIpc) is 3.10. The van der Waals surface area contributed by atoms with Crippen LogP contribution in [0.25, 0.3) is 11.0 Å². The third-order valence-corrected chi connectivity index (χ3v) is 4.91. The van der Waals surface area contributed by atoms with Crippen LogP contribution in [0.4, 0.5) is 5.69 Å². The molecule has 0 bridgehead atoms. The summed E-state index contributed by atoms with van der Waals surface area (Å²) in [5, 5.41) is 10.9. The number of rotatable bonds is 3. The van der Waals surface area contributed by atoms with Crippen LogP contribution in [0.3, 0.4) is 0 Å². The van der Waals surface area contributed by atoms with Crippen molar-refractivity contribution in [1.29, 1.82) is 0 Å². The standard InChI is InChI=1S/C20H22N2O2/c1-15-4-2-3-5-18(15)22-11-9-21(10-12-22)14-16-6-7-19(23)20-17(16)8-13-24-20/h2-8,13,23H,9-12,14H2,1H3. The Morgan fingerprint density at radius 1 is 1.00 bits per heavy atom. The minimum Gasteiger partial charge on any atom is -0.504 e. The molecular weight excluding hydrogens is 300 g/mol. The molecular formula is C20H22N2O2. The fourth-order valence-corrected chi connectivity index (χ4v) is 3.55. The van der Waals surface area contributed by atoms with E-state index in [1.54, 1.807) is 12.3 Å². The average molecular weight is 322 g/mol. The van der Waals surface area contributed by atoms with Gasteiger partial charge in [0, 0.05) is 43.8 Å². The maximum atomic E-state index is 9.86. The fraction of sp³-hybridized carbons (Fsp3) is 0.300. The number of piperazine rings is 1. The van der Waals surface area contributed by atoms with E-state index in [0.717, 1.165) is 38.1 Å². The Hall–Kier alpha value is -2.46. The number of aromatic hydroxyl groups is 1.